The van der Waals surface area contributed by atoms with Gasteiger partial charge in [0.2, 0.25) is 17.2 Å². The molecule has 0 saturated heterocycles. The minimum atomic E-state index is -1.31. The molecule has 0 aliphatic heterocycles. The van der Waals surface area contributed by atoms with Gasteiger partial charge in [0.25, 0.3) is 0 Å². The van der Waals surface area contributed by atoms with Gasteiger partial charge in [0.1, 0.15) is 38.0 Å². The molecule has 0 unspecified atom stereocenters. The maximum Gasteiger partial charge on any atom is 2.00 e. The molecule has 0 radical (unpaired) electrons. The molecule has 24 nitrogen and oxygen atoms in total. The third-order valence-corrected chi connectivity index (χ3v) is 4.54. The Bertz CT molecular complexity index is 1150. The van der Waals surface area contributed by atoms with Crippen molar-refractivity contribution < 1.29 is 49.4 Å². The van der Waals surface area contributed by atoms with Gasteiger partial charge in [0.05, 0.1) is 38.0 Å². The summed E-state index contributed by atoms with van der Waals surface area (Å²) in [6.45, 7) is 0. The van der Waals surface area contributed by atoms with Crippen molar-refractivity contribution in [3.63, 3.8) is 0 Å². The minimum Gasteiger partial charge on any atom is -0.412 e. The molecule has 0 spiro atoms. The topological polar surface area (TPSA) is 373 Å². The third kappa shape index (κ3) is 8.64. The van der Waals surface area contributed by atoms with Gasteiger partial charge in [0.15, 0.2) is 0 Å². The fourth-order valence-corrected chi connectivity index (χ4v) is 3.16. The van der Waals surface area contributed by atoms with Crippen LogP contribution in [0.1, 0.15) is 0 Å². The molecule has 6 rings (SSSR count). The Kier molecular flexibility index (Phi) is 9.57. The zero-order valence-electron chi connectivity index (χ0n) is 31.2. The van der Waals surface area contributed by atoms with Gasteiger partial charge in [-0.15, -0.1) is 0 Å². The van der Waals surface area contributed by atoms with E-state index in [-0.39, 0.29) is 16.5 Å². The van der Waals surface area contributed by atoms with Crippen LogP contribution in [-0.2, 0) is 16.5 Å². The summed E-state index contributed by atoms with van der Waals surface area (Å²) in [6, 6.07) is 0. The van der Waals surface area contributed by atoms with Gasteiger partial charge < -0.3 is 60.4 Å². The average molecular weight is 611 g/mol. The van der Waals surface area contributed by atoms with E-state index in [1.54, 1.807) is 65.5 Å². The van der Waals surface area contributed by atoms with Crippen molar-refractivity contribution in [1.29, 1.82) is 17.2 Å². The van der Waals surface area contributed by atoms with Crippen molar-refractivity contribution in [3.8, 4) is 0 Å². The van der Waals surface area contributed by atoms with Crippen LogP contribution in [0.25, 0.3) is 0 Å². The predicted molar refractivity (Wildman–Crippen MR) is 129 cm³/mol. The van der Waals surface area contributed by atoms with E-state index in [9.17, 15) is 0 Å². The fraction of sp³-hybridized carbons (Fsp3) is 0. The largest absolute Gasteiger partial charge is 2.00 e. The summed E-state index contributed by atoms with van der Waals surface area (Å²) in [4.78, 5) is 23.5. The van der Waals surface area contributed by atoms with E-state index >= 15 is 0 Å². The molecule has 12 N–H and O–H groups in total. The molecule has 216 valence electrons. The zero-order valence-corrected chi connectivity index (χ0v) is 20.1. The van der Waals surface area contributed by atoms with E-state index in [4.69, 9.17) is 17.2 Å². The van der Waals surface area contributed by atoms with Gasteiger partial charge in [-0.3, -0.25) is 0 Å². The number of rotatable bonds is 6. The second-order valence-corrected chi connectivity index (χ2v) is 6.46. The summed E-state index contributed by atoms with van der Waals surface area (Å²) in [5.41, 5.74) is 16.5. The molecule has 6 heterocycles. The SMILES string of the molecule is [2H]O[2H].[2H]O[2H].[2H]O[2H].[2H]O[2H].[2H]O[2H].[2H]O[2H].[Ni+2].c1ncn([BH-](n2cncn2)n2cncn2)n1.c1ncn([BH-](n2cncn2)n2cncn2)n1. The quantitative estimate of drug-likeness (QED) is 0.159. The van der Waals surface area contributed by atoms with E-state index < -0.39 is 14.2 Å². The molecule has 0 aliphatic rings. The molecule has 6 aromatic heterocycles. The van der Waals surface area contributed by atoms with Crippen LogP contribution in [0.2, 0.25) is 0 Å². The molecule has 0 aromatic carbocycles. The normalized spacial score (nSPS) is 12.2. The molecule has 0 saturated carbocycles. The van der Waals surface area contributed by atoms with Crippen molar-refractivity contribution in [2.75, 3.05) is 0 Å². The van der Waals surface area contributed by atoms with Crippen LogP contribution in [0, 0.1) is 0 Å². The van der Waals surface area contributed by atoms with Crippen molar-refractivity contribution in [1.82, 2.24) is 88.1 Å². The van der Waals surface area contributed by atoms with Crippen molar-refractivity contribution in [2.24, 2.45) is 0 Å². The Morgan fingerprint density at radius 3 is 0.641 bits per heavy atom. The van der Waals surface area contributed by atoms with Gasteiger partial charge in [-0.05, 0) is 0 Å². The van der Waals surface area contributed by atoms with E-state index in [1.807, 2.05) is 0 Å². The Balaban J connectivity index is -0.000000614. The Morgan fingerprint density at radius 1 is 0.385 bits per heavy atom. The molecule has 6 aromatic rings. The van der Waals surface area contributed by atoms with Crippen molar-refractivity contribution >= 4 is 14.2 Å². The number of hydrogen-bond acceptors (Lipinski definition) is 12. The first kappa shape index (κ1) is 20.2. The molecular weight excluding hydrogens is 573 g/mol. The first-order valence-electron chi connectivity index (χ1n) is 14.2. The zero-order chi connectivity index (χ0) is 37.8. The van der Waals surface area contributed by atoms with E-state index in [0.29, 0.717) is 0 Å². The van der Waals surface area contributed by atoms with Crippen molar-refractivity contribution in [2.45, 2.75) is 0 Å². The van der Waals surface area contributed by atoms with E-state index in [0.717, 1.165) is 0 Å². The molecule has 0 amide bonds. The van der Waals surface area contributed by atoms with Gasteiger partial charge in [-0.1, -0.05) is 0 Å². The monoisotopic (exact) mass is 610 g/mol. The Morgan fingerprint density at radius 2 is 0.538 bits per heavy atom. The average Bonchev–Trinajstić information content (AvgIpc) is 3.93. The molecule has 0 atom stereocenters. The van der Waals surface area contributed by atoms with Crippen LogP contribution < -0.4 is 0 Å². The molecule has 0 bridgehead atoms. The third-order valence-electron chi connectivity index (χ3n) is 4.54. The fourth-order valence-electron chi connectivity index (χ4n) is 3.16. The van der Waals surface area contributed by atoms with Crippen LogP contribution in [0.15, 0.2) is 75.9 Å². The molecule has 39 heavy (non-hydrogen) atoms. The predicted octanol–water partition coefficient (Wildman–Crippen LogP) is -8.70. The molecular formula is C12H26B2N18NiO6. The number of aromatic nitrogens is 18. The second-order valence-electron chi connectivity index (χ2n) is 6.46. The summed E-state index contributed by atoms with van der Waals surface area (Å²) in [5, 5.41) is 24.6. The number of nitrogens with zero attached hydrogens (tertiary/aromatic N) is 18. The van der Waals surface area contributed by atoms with Gasteiger partial charge in [-0.2, -0.15) is 0 Å². The van der Waals surface area contributed by atoms with Crippen LogP contribution in [0.3, 0.4) is 0 Å². The number of hydrogen-bond donors (Lipinski definition) is 0. The summed E-state index contributed by atoms with van der Waals surface area (Å²) in [5.74, 6) is 0. The van der Waals surface area contributed by atoms with Crippen LogP contribution >= 0.6 is 0 Å². The Labute approximate surface area is 245 Å². The summed E-state index contributed by atoms with van der Waals surface area (Å²) < 4.78 is 74.6. The Hall–Kier alpha value is -4.78. The van der Waals surface area contributed by atoms with Gasteiger partial charge in [-0.25, -0.2) is 60.5 Å². The van der Waals surface area contributed by atoms with Crippen LogP contribution in [0.5, 0.6) is 0 Å². The first-order chi connectivity index (χ1) is 24.4. The van der Waals surface area contributed by atoms with Crippen molar-refractivity contribution in [3.05, 3.63) is 75.9 Å². The van der Waals surface area contributed by atoms with Gasteiger partial charge in [0, 0.05) is 0 Å². The maximum absolute atomic E-state index is 5.38. The summed E-state index contributed by atoms with van der Waals surface area (Å²) in [7, 11) is -2.63. The standard InChI is InChI=1S/2C6H7BN9.Ni.6H2O/c2*1-8-4-14(11-1)7(15-5-9-2-12-15)16-6-10-3-13-16;;;;;;;/h2*1-7H;;6*1H2/q2*-1;+2;;;;;;/i/hD12. The van der Waals surface area contributed by atoms with Crippen LogP contribution in [-0.4, -0.2) is 152 Å². The minimum absolute atomic E-state index is 0. The molecule has 0 fully saturated rings. The maximum atomic E-state index is 5.38. The van der Waals surface area contributed by atoms with E-state index in [2.05, 4.69) is 93.4 Å². The van der Waals surface area contributed by atoms with Gasteiger partial charge >= 0.3 is 30.7 Å². The van der Waals surface area contributed by atoms with E-state index in [1.165, 1.54) is 38.0 Å². The first-order valence-corrected chi connectivity index (χ1v) is 9.29. The summed E-state index contributed by atoms with van der Waals surface area (Å²) >= 11 is 0. The van der Waals surface area contributed by atoms with Crippen LogP contribution in [0.4, 0.5) is 0 Å². The molecule has 27 heteroatoms. The summed E-state index contributed by atoms with van der Waals surface area (Å²) in [6.07, 6.45) is 18.5. The second kappa shape index (κ2) is 18.5. The molecule has 0 aliphatic carbocycles. The smallest absolute Gasteiger partial charge is 0.412 e.